The number of aliphatic hydroxyl groups excluding tert-OH is 1. The maximum Gasteiger partial charge on any atom is 0.220 e. The molecular formula is C16H23NO3. The van der Waals surface area contributed by atoms with E-state index in [0.717, 1.165) is 18.4 Å². The Morgan fingerprint density at radius 2 is 1.90 bits per heavy atom. The molecule has 1 aliphatic carbocycles. The van der Waals surface area contributed by atoms with Crippen LogP contribution in [0.5, 0.6) is 5.75 Å². The number of nitrogens with one attached hydrogen (secondary N) is 1. The van der Waals surface area contributed by atoms with E-state index in [2.05, 4.69) is 5.32 Å². The van der Waals surface area contributed by atoms with E-state index in [9.17, 15) is 15.0 Å². The summed E-state index contributed by atoms with van der Waals surface area (Å²) in [7, 11) is 0. The largest absolute Gasteiger partial charge is 0.508 e. The van der Waals surface area contributed by atoms with Crippen molar-refractivity contribution in [3.63, 3.8) is 0 Å². The first-order chi connectivity index (χ1) is 9.65. The molecule has 4 nitrogen and oxygen atoms in total. The first-order valence-corrected chi connectivity index (χ1v) is 7.38. The Bertz CT molecular complexity index is 424. The molecule has 1 aromatic carbocycles. The van der Waals surface area contributed by atoms with Crippen LogP contribution in [0.2, 0.25) is 0 Å². The topological polar surface area (TPSA) is 69.6 Å². The van der Waals surface area contributed by atoms with E-state index < -0.39 is 6.10 Å². The van der Waals surface area contributed by atoms with Crippen molar-refractivity contribution in [3.8, 4) is 5.75 Å². The standard InChI is InChI=1S/C16H23NO3/c18-14-8-5-12(6-9-14)7-10-16(20)17-11-15(19)13-3-1-2-4-13/h5-6,8-9,13,15,18-19H,1-4,7,10-11H2,(H,17,20). The van der Waals surface area contributed by atoms with Gasteiger partial charge in [-0.25, -0.2) is 0 Å². The van der Waals surface area contributed by atoms with Crippen LogP contribution in [-0.2, 0) is 11.2 Å². The lowest BCUT2D eigenvalue weighted by Gasteiger charge is -2.18. The molecule has 20 heavy (non-hydrogen) atoms. The van der Waals surface area contributed by atoms with Gasteiger partial charge in [-0.2, -0.15) is 0 Å². The van der Waals surface area contributed by atoms with Crippen molar-refractivity contribution in [2.24, 2.45) is 5.92 Å². The molecule has 0 radical (unpaired) electrons. The predicted octanol–water partition coefficient (Wildman–Crippen LogP) is 1.99. The summed E-state index contributed by atoms with van der Waals surface area (Å²) in [4.78, 5) is 11.7. The normalized spacial score (nSPS) is 17.1. The molecule has 3 N–H and O–H groups in total. The van der Waals surface area contributed by atoms with E-state index in [1.807, 2.05) is 12.1 Å². The fourth-order valence-electron chi connectivity index (χ4n) is 2.74. The van der Waals surface area contributed by atoms with Crippen molar-refractivity contribution in [1.82, 2.24) is 5.32 Å². The van der Waals surface area contributed by atoms with Gasteiger partial charge in [0.1, 0.15) is 5.75 Å². The molecule has 1 fully saturated rings. The van der Waals surface area contributed by atoms with Gasteiger partial charge in [0.05, 0.1) is 6.10 Å². The zero-order valence-electron chi connectivity index (χ0n) is 11.7. The monoisotopic (exact) mass is 277 g/mol. The summed E-state index contributed by atoms with van der Waals surface area (Å²) in [6, 6.07) is 6.88. The average molecular weight is 277 g/mol. The Hall–Kier alpha value is -1.55. The minimum Gasteiger partial charge on any atom is -0.508 e. The number of aliphatic hydroxyl groups is 1. The molecule has 1 saturated carbocycles. The number of carbonyl (C=O) groups excluding carboxylic acids is 1. The van der Waals surface area contributed by atoms with Crippen LogP contribution in [0, 0.1) is 5.92 Å². The number of hydrogen-bond acceptors (Lipinski definition) is 3. The first kappa shape index (κ1) is 14.9. The first-order valence-electron chi connectivity index (χ1n) is 7.38. The number of aromatic hydroxyl groups is 1. The van der Waals surface area contributed by atoms with Gasteiger partial charge in [-0.1, -0.05) is 25.0 Å². The lowest BCUT2D eigenvalue weighted by molar-refractivity contribution is -0.121. The Morgan fingerprint density at radius 1 is 1.25 bits per heavy atom. The molecule has 110 valence electrons. The van der Waals surface area contributed by atoms with E-state index in [1.165, 1.54) is 12.8 Å². The summed E-state index contributed by atoms with van der Waals surface area (Å²) in [6.45, 7) is 0.360. The maximum atomic E-state index is 11.7. The van der Waals surface area contributed by atoms with Gasteiger partial charge in [-0.3, -0.25) is 4.79 Å². The Morgan fingerprint density at radius 3 is 2.55 bits per heavy atom. The van der Waals surface area contributed by atoms with Crippen LogP contribution in [0.4, 0.5) is 0 Å². The van der Waals surface area contributed by atoms with Crippen LogP contribution in [0.1, 0.15) is 37.7 Å². The molecule has 0 aromatic heterocycles. The molecule has 0 saturated heterocycles. The van der Waals surface area contributed by atoms with Crippen molar-refractivity contribution in [2.75, 3.05) is 6.54 Å². The predicted molar refractivity (Wildman–Crippen MR) is 77.4 cm³/mol. The Labute approximate surface area is 119 Å². The third kappa shape index (κ3) is 4.53. The molecule has 0 aliphatic heterocycles. The second-order valence-electron chi connectivity index (χ2n) is 5.58. The van der Waals surface area contributed by atoms with Crippen molar-refractivity contribution < 1.29 is 15.0 Å². The van der Waals surface area contributed by atoms with Gasteiger partial charge in [0.2, 0.25) is 5.91 Å². The molecule has 1 atom stereocenters. The Balaban J connectivity index is 1.66. The molecule has 0 spiro atoms. The van der Waals surface area contributed by atoms with Crippen molar-refractivity contribution in [2.45, 2.75) is 44.6 Å². The number of phenolic OH excluding ortho intramolecular Hbond substituents is 1. The number of benzene rings is 1. The smallest absolute Gasteiger partial charge is 0.220 e. The fraction of sp³-hybridized carbons (Fsp3) is 0.562. The molecule has 4 heteroatoms. The highest BCUT2D eigenvalue weighted by molar-refractivity contribution is 5.76. The zero-order valence-corrected chi connectivity index (χ0v) is 11.7. The highest BCUT2D eigenvalue weighted by atomic mass is 16.3. The van der Waals surface area contributed by atoms with Gasteiger partial charge in [-0.15, -0.1) is 0 Å². The maximum absolute atomic E-state index is 11.7. The number of phenols is 1. The van der Waals surface area contributed by atoms with E-state index in [4.69, 9.17) is 0 Å². The minimum absolute atomic E-state index is 0.0323. The summed E-state index contributed by atoms with van der Waals surface area (Å²) in [6.07, 6.45) is 5.17. The SMILES string of the molecule is O=C(CCc1ccc(O)cc1)NCC(O)C1CCCC1. The lowest BCUT2D eigenvalue weighted by Crippen LogP contribution is -2.35. The second kappa shape index (κ2) is 7.29. The van der Waals surface area contributed by atoms with Gasteiger partial charge < -0.3 is 15.5 Å². The number of amides is 1. The van der Waals surface area contributed by atoms with E-state index in [1.54, 1.807) is 12.1 Å². The van der Waals surface area contributed by atoms with Crippen molar-refractivity contribution in [1.29, 1.82) is 0 Å². The van der Waals surface area contributed by atoms with Crippen LogP contribution >= 0.6 is 0 Å². The van der Waals surface area contributed by atoms with Crippen LogP contribution in [0.25, 0.3) is 0 Å². The third-order valence-corrected chi connectivity index (χ3v) is 4.03. The quantitative estimate of drug-likeness (QED) is 0.745. The van der Waals surface area contributed by atoms with Crippen LogP contribution in [0.3, 0.4) is 0 Å². The van der Waals surface area contributed by atoms with Crippen molar-refractivity contribution in [3.05, 3.63) is 29.8 Å². The fourth-order valence-corrected chi connectivity index (χ4v) is 2.74. The molecule has 1 amide bonds. The lowest BCUT2D eigenvalue weighted by atomic mass is 10.0. The van der Waals surface area contributed by atoms with Gasteiger partial charge in [-0.05, 0) is 42.9 Å². The van der Waals surface area contributed by atoms with E-state index >= 15 is 0 Å². The van der Waals surface area contributed by atoms with Crippen LogP contribution in [-0.4, -0.2) is 28.8 Å². The van der Waals surface area contributed by atoms with Gasteiger partial charge >= 0.3 is 0 Å². The molecule has 2 rings (SSSR count). The molecule has 0 bridgehead atoms. The second-order valence-corrected chi connectivity index (χ2v) is 5.58. The summed E-state index contributed by atoms with van der Waals surface area (Å²) in [5.41, 5.74) is 1.02. The van der Waals surface area contributed by atoms with Crippen LogP contribution < -0.4 is 5.32 Å². The Kier molecular flexibility index (Phi) is 5.41. The van der Waals surface area contributed by atoms with Crippen molar-refractivity contribution >= 4 is 5.91 Å². The number of aryl methyl sites for hydroxylation is 1. The molecular weight excluding hydrogens is 254 g/mol. The highest BCUT2D eigenvalue weighted by Crippen LogP contribution is 2.27. The molecule has 0 heterocycles. The minimum atomic E-state index is -0.407. The number of carbonyl (C=O) groups is 1. The highest BCUT2D eigenvalue weighted by Gasteiger charge is 2.23. The molecule has 1 aromatic rings. The van der Waals surface area contributed by atoms with Crippen LogP contribution in [0.15, 0.2) is 24.3 Å². The number of hydrogen-bond donors (Lipinski definition) is 3. The van der Waals surface area contributed by atoms with E-state index in [0.29, 0.717) is 25.3 Å². The summed E-state index contributed by atoms with van der Waals surface area (Å²) in [5, 5.41) is 21.9. The summed E-state index contributed by atoms with van der Waals surface area (Å²) < 4.78 is 0. The number of rotatable bonds is 6. The van der Waals surface area contributed by atoms with Gasteiger partial charge in [0.15, 0.2) is 0 Å². The molecule has 1 aliphatic rings. The average Bonchev–Trinajstić information content (AvgIpc) is 2.98. The van der Waals surface area contributed by atoms with Gasteiger partial charge in [0.25, 0.3) is 0 Å². The zero-order chi connectivity index (χ0) is 14.4. The third-order valence-electron chi connectivity index (χ3n) is 4.03. The van der Waals surface area contributed by atoms with Gasteiger partial charge in [0, 0.05) is 13.0 Å². The summed E-state index contributed by atoms with van der Waals surface area (Å²) in [5.74, 6) is 0.556. The van der Waals surface area contributed by atoms with E-state index in [-0.39, 0.29) is 11.7 Å². The molecule has 1 unspecified atom stereocenters. The summed E-state index contributed by atoms with van der Waals surface area (Å²) >= 11 is 0.